The van der Waals surface area contributed by atoms with E-state index in [9.17, 15) is 10.2 Å². The van der Waals surface area contributed by atoms with E-state index < -0.39 is 11.2 Å². The van der Waals surface area contributed by atoms with Gasteiger partial charge in [-0.1, -0.05) is 41.5 Å². The molecule has 0 saturated heterocycles. The van der Waals surface area contributed by atoms with Crippen molar-refractivity contribution in [1.82, 2.24) is 0 Å². The fraction of sp³-hybridized carbons (Fsp3) is 1.00. The molecule has 0 unspecified atom stereocenters. The van der Waals surface area contributed by atoms with Gasteiger partial charge in [0.05, 0.1) is 0 Å². The molecule has 0 N–H and O–H groups in total. The van der Waals surface area contributed by atoms with Gasteiger partial charge >= 0.3 is 16.5 Å². The number of hydrogen-bond acceptors (Lipinski definition) is 2. The van der Waals surface area contributed by atoms with E-state index in [0.717, 1.165) is 0 Å². The Morgan fingerprint density at radius 3 is 0.636 bits per heavy atom. The molecule has 0 heterocycles. The molecule has 0 rings (SSSR count). The molecule has 3 heteroatoms. The SMILES string of the molecule is CC(C)(C)[O-].CC(C)(C)[O-].[Ni+2]. The van der Waals surface area contributed by atoms with Crippen LogP contribution in [0.2, 0.25) is 0 Å². The van der Waals surface area contributed by atoms with Crippen LogP contribution in [0, 0.1) is 0 Å². The van der Waals surface area contributed by atoms with Gasteiger partial charge in [0, 0.05) is 0 Å². The first-order valence-corrected chi connectivity index (χ1v) is 3.41. The quantitative estimate of drug-likeness (QED) is 0.533. The first kappa shape index (κ1) is 17.5. The summed E-state index contributed by atoms with van der Waals surface area (Å²) in [6.07, 6.45) is 0. The summed E-state index contributed by atoms with van der Waals surface area (Å²) in [5.74, 6) is 0. The predicted octanol–water partition coefficient (Wildman–Crippen LogP) is 0.288. The largest absolute Gasteiger partial charge is 2.00 e. The van der Waals surface area contributed by atoms with Crippen molar-refractivity contribution in [2.24, 2.45) is 0 Å². The fourth-order valence-corrected chi connectivity index (χ4v) is 0. The first-order valence-electron chi connectivity index (χ1n) is 3.41. The van der Waals surface area contributed by atoms with Gasteiger partial charge in [-0.2, -0.15) is 0 Å². The van der Waals surface area contributed by atoms with Crippen molar-refractivity contribution in [1.29, 1.82) is 0 Å². The van der Waals surface area contributed by atoms with Gasteiger partial charge in [-0.25, -0.2) is 0 Å². The summed E-state index contributed by atoms with van der Waals surface area (Å²) < 4.78 is 0. The second-order valence-corrected chi connectivity index (χ2v) is 4.22. The molecule has 72 valence electrons. The van der Waals surface area contributed by atoms with Gasteiger partial charge < -0.3 is 10.2 Å². The van der Waals surface area contributed by atoms with Crippen LogP contribution in [-0.4, -0.2) is 11.2 Å². The third-order valence-electron chi connectivity index (χ3n) is 0. The van der Waals surface area contributed by atoms with E-state index in [-0.39, 0.29) is 16.5 Å². The Balaban J connectivity index is -0.000000107. The Morgan fingerprint density at radius 1 is 0.636 bits per heavy atom. The van der Waals surface area contributed by atoms with Crippen LogP contribution >= 0.6 is 0 Å². The molecule has 0 aromatic carbocycles. The van der Waals surface area contributed by atoms with Crippen LogP contribution in [0.4, 0.5) is 0 Å². The molecule has 0 fully saturated rings. The van der Waals surface area contributed by atoms with Crippen molar-refractivity contribution in [3.05, 3.63) is 0 Å². The third kappa shape index (κ3) is 4310. The van der Waals surface area contributed by atoms with Crippen LogP contribution in [0.3, 0.4) is 0 Å². The van der Waals surface area contributed by atoms with Gasteiger partial charge in [-0.05, 0) is 0 Å². The molecule has 0 saturated carbocycles. The van der Waals surface area contributed by atoms with E-state index in [1.54, 1.807) is 41.5 Å². The van der Waals surface area contributed by atoms with Crippen LogP contribution in [0.15, 0.2) is 0 Å². The third-order valence-corrected chi connectivity index (χ3v) is 0. The first-order chi connectivity index (χ1) is 4.00. The van der Waals surface area contributed by atoms with Gasteiger partial charge in [-0.3, -0.25) is 0 Å². The van der Waals surface area contributed by atoms with E-state index in [1.165, 1.54) is 0 Å². The number of hydrogen-bond donors (Lipinski definition) is 0. The second-order valence-electron chi connectivity index (χ2n) is 4.22. The average Bonchev–Trinajstić information content (AvgIpc) is 1.12. The molecule has 0 amide bonds. The summed E-state index contributed by atoms with van der Waals surface area (Å²) in [6.45, 7) is 9.79. The molecule has 0 aliphatic carbocycles. The Labute approximate surface area is 79.9 Å². The molecule has 0 radical (unpaired) electrons. The molecular formula is C8H18NiO2. The Kier molecular flexibility index (Phi) is 9.52. The van der Waals surface area contributed by atoms with E-state index in [4.69, 9.17) is 0 Å². The normalized spacial score (nSPS) is 10.9. The summed E-state index contributed by atoms with van der Waals surface area (Å²) in [7, 11) is 0. The van der Waals surface area contributed by atoms with Gasteiger partial charge in [0.2, 0.25) is 0 Å². The van der Waals surface area contributed by atoms with Crippen molar-refractivity contribution in [3.63, 3.8) is 0 Å². The van der Waals surface area contributed by atoms with E-state index in [0.29, 0.717) is 0 Å². The average molecular weight is 205 g/mol. The summed E-state index contributed by atoms with van der Waals surface area (Å²) in [6, 6.07) is 0. The molecule has 11 heavy (non-hydrogen) atoms. The molecule has 0 atom stereocenters. The Morgan fingerprint density at radius 2 is 0.636 bits per heavy atom. The molecule has 0 aliphatic rings. The molecule has 2 nitrogen and oxygen atoms in total. The van der Waals surface area contributed by atoms with Crippen molar-refractivity contribution in [3.8, 4) is 0 Å². The van der Waals surface area contributed by atoms with E-state index >= 15 is 0 Å². The maximum atomic E-state index is 10.1. The van der Waals surface area contributed by atoms with Crippen LogP contribution < -0.4 is 10.2 Å². The minimum absolute atomic E-state index is 0. The molecule has 0 aliphatic heterocycles. The summed E-state index contributed by atoms with van der Waals surface area (Å²) in [4.78, 5) is 0. The van der Waals surface area contributed by atoms with E-state index in [2.05, 4.69) is 0 Å². The minimum Gasteiger partial charge on any atom is -0.850 e. The minimum atomic E-state index is -0.750. The van der Waals surface area contributed by atoms with Crippen molar-refractivity contribution in [2.45, 2.75) is 52.7 Å². The van der Waals surface area contributed by atoms with Crippen molar-refractivity contribution >= 4 is 0 Å². The Bertz CT molecular complexity index is 55.1. The second kappa shape index (κ2) is 5.99. The zero-order valence-corrected chi connectivity index (χ0v) is 9.12. The molecule has 0 aromatic rings. The summed E-state index contributed by atoms with van der Waals surface area (Å²) >= 11 is 0. The van der Waals surface area contributed by atoms with Crippen LogP contribution in [0.5, 0.6) is 0 Å². The van der Waals surface area contributed by atoms with Gasteiger partial charge in [0.15, 0.2) is 0 Å². The predicted molar refractivity (Wildman–Crippen MR) is 39.5 cm³/mol. The van der Waals surface area contributed by atoms with Gasteiger partial charge in [0.1, 0.15) is 0 Å². The topological polar surface area (TPSA) is 46.1 Å². The summed E-state index contributed by atoms with van der Waals surface area (Å²) in [5.41, 5.74) is -1.50. The van der Waals surface area contributed by atoms with Crippen LogP contribution in [0.1, 0.15) is 41.5 Å². The monoisotopic (exact) mass is 204 g/mol. The fourth-order valence-electron chi connectivity index (χ4n) is 0. The van der Waals surface area contributed by atoms with E-state index in [1.807, 2.05) is 0 Å². The zero-order chi connectivity index (χ0) is 9.00. The summed E-state index contributed by atoms with van der Waals surface area (Å²) in [5, 5.41) is 20.2. The zero-order valence-electron chi connectivity index (χ0n) is 8.13. The van der Waals surface area contributed by atoms with Crippen molar-refractivity contribution in [2.75, 3.05) is 0 Å². The maximum absolute atomic E-state index is 10.1. The van der Waals surface area contributed by atoms with Crippen molar-refractivity contribution < 1.29 is 26.7 Å². The Hall–Kier alpha value is 0.414. The van der Waals surface area contributed by atoms with Gasteiger partial charge in [-0.15, -0.1) is 11.2 Å². The number of rotatable bonds is 0. The van der Waals surface area contributed by atoms with Gasteiger partial charge in [0.25, 0.3) is 0 Å². The maximum Gasteiger partial charge on any atom is 2.00 e. The smallest absolute Gasteiger partial charge is 0.850 e. The molecular weight excluding hydrogens is 187 g/mol. The van der Waals surface area contributed by atoms with Crippen LogP contribution in [0.25, 0.3) is 0 Å². The molecule has 0 spiro atoms. The molecule has 0 bridgehead atoms. The standard InChI is InChI=1S/2C4H9O.Ni/c2*1-4(2,3)5;/h2*1-3H3;/q2*-1;+2. The molecule has 0 aromatic heterocycles. The van der Waals surface area contributed by atoms with Crippen LogP contribution in [-0.2, 0) is 16.5 Å².